The fourth-order valence-electron chi connectivity index (χ4n) is 3.71. The number of hydrogen-bond donors (Lipinski definition) is 1. The lowest BCUT2D eigenvalue weighted by Crippen LogP contribution is -2.42. The minimum Gasteiger partial charge on any atom is -0.355 e. The molecule has 0 spiro atoms. The van der Waals surface area contributed by atoms with Gasteiger partial charge in [-0.05, 0) is 62.3 Å². The topological polar surface area (TPSA) is 66.5 Å². The highest BCUT2D eigenvalue weighted by molar-refractivity contribution is 7.89. The van der Waals surface area contributed by atoms with E-state index in [0.29, 0.717) is 13.0 Å². The van der Waals surface area contributed by atoms with Gasteiger partial charge in [-0.25, -0.2) is 8.42 Å². The molecule has 0 saturated carbocycles. The van der Waals surface area contributed by atoms with Crippen LogP contribution in [0.3, 0.4) is 0 Å². The van der Waals surface area contributed by atoms with Crippen LogP contribution >= 0.6 is 23.2 Å². The molecule has 0 unspecified atom stereocenters. The molecule has 1 N–H and O–H groups in total. The summed E-state index contributed by atoms with van der Waals surface area (Å²) in [7, 11) is -4.02. The number of benzene rings is 2. The van der Waals surface area contributed by atoms with Gasteiger partial charge in [0, 0.05) is 18.1 Å². The fraction of sp³-hybridized carbons (Fsp3) is 0.375. The second kappa shape index (κ2) is 11.8. The molecule has 0 radical (unpaired) electrons. The van der Waals surface area contributed by atoms with Gasteiger partial charge in [-0.3, -0.25) is 4.79 Å². The number of nitrogens with zero attached hydrogens (tertiary/aromatic N) is 1. The molecule has 3 rings (SSSR count). The molecule has 0 saturated heterocycles. The van der Waals surface area contributed by atoms with Gasteiger partial charge < -0.3 is 5.32 Å². The Bertz CT molecular complexity index is 1060. The molecule has 172 valence electrons. The SMILES string of the molecule is O=C(CN(CCc1ccccc1)S(=O)(=O)c1cc(Cl)ccc1Cl)NCCC1=CCCCC1. The first-order valence-electron chi connectivity index (χ1n) is 10.8. The molecule has 1 aliphatic rings. The molecule has 32 heavy (non-hydrogen) atoms. The fourth-order valence-corrected chi connectivity index (χ4v) is 5.84. The quantitative estimate of drug-likeness (QED) is 0.459. The van der Waals surface area contributed by atoms with Crippen molar-refractivity contribution in [3.05, 3.63) is 75.8 Å². The molecule has 2 aromatic rings. The molecule has 0 bridgehead atoms. The molecular formula is C24H28Cl2N2O3S. The van der Waals surface area contributed by atoms with Crippen molar-refractivity contribution >= 4 is 39.1 Å². The number of hydrogen-bond acceptors (Lipinski definition) is 3. The minimum absolute atomic E-state index is 0.0729. The van der Waals surface area contributed by atoms with Crippen LogP contribution in [0, 0.1) is 0 Å². The summed E-state index contributed by atoms with van der Waals surface area (Å²) in [6, 6.07) is 13.8. The van der Waals surface area contributed by atoms with E-state index in [1.54, 1.807) is 0 Å². The molecule has 0 fully saturated rings. The van der Waals surface area contributed by atoms with E-state index in [-0.39, 0.29) is 33.9 Å². The molecule has 1 aliphatic carbocycles. The monoisotopic (exact) mass is 494 g/mol. The highest BCUT2D eigenvalue weighted by Gasteiger charge is 2.28. The Morgan fingerprint density at radius 1 is 1.03 bits per heavy atom. The maximum absolute atomic E-state index is 13.4. The van der Waals surface area contributed by atoms with Crippen molar-refractivity contribution in [3.8, 4) is 0 Å². The van der Waals surface area contributed by atoms with Crippen molar-refractivity contribution in [3.63, 3.8) is 0 Å². The average molecular weight is 495 g/mol. The van der Waals surface area contributed by atoms with Crippen LogP contribution in [0.1, 0.15) is 37.7 Å². The third kappa shape index (κ3) is 7.07. The Labute approximate surface area is 200 Å². The summed E-state index contributed by atoms with van der Waals surface area (Å²) in [5, 5.41) is 3.20. The van der Waals surface area contributed by atoms with Crippen molar-refractivity contribution in [2.24, 2.45) is 0 Å². The first-order chi connectivity index (χ1) is 15.4. The van der Waals surface area contributed by atoms with Gasteiger partial charge >= 0.3 is 0 Å². The second-order valence-corrected chi connectivity index (χ2v) is 10.6. The van der Waals surface area contributed by atoms with Crippen LogP contribution in [0.4, 0.5) is 0 Å². The summed E-state index contributed by atoms with van der Waals surface area (Å²) in [6.45, 7) is 0.361. The summed E-state index contributed by atoms with van der Waals surface area (Å²) in [5.41, 5.74) is 2.34. The maximum atomic E-state index is 13.4. The van der Waals surface area contributed by atoms with Crippen molar-refractivity contribution in [2.45, 2.75) is 43.4 Å². The van der Waals surface area contributed by atoms with Crippen LogP contribution < -0.4 is 5.32 Å². The normalized spacial score (nSPS) is 14.3. The van der Waals surface area contributed by atoms with Crippen LogP contribution in [-0.2, 0) is 21.2 Å². The van der Waals surface area contributed by atoms with Gasteiger partial charge in [0.25, 0.3) is 0 Å². The summed E-state index contributed by atoms with van der Waals surface area (Å²) < 4.78 is 27.9. The Balaban J connectivity index is 1.71. The number of halogens is 2. The van der Waals surface area contributed by atoms with Gasteiger partial charge in [0.1, 0.15) is 4.90 Å². The Hall–Kier alpha value is -1.86. The van der Waals surface area contributed by atoms with Gasteiger partial charge in [0.05, 0.1) is 11.6 Å². The van der Waals surface area contributed by atoms with Gasteiger partial charge in [-0.2, -0.15) is 4.31 Å². The van der Waals surface area contributed by atoms with Crippen molar-refractivity contribution in [1.82, 2.24) is 9.62 Å². The predicted molar refractivity (Wildman–Crippen MR) is 130 cm³/mol. The third-order valence-electron chi connectivity index (χ3n) is 5.48. The number of carbonyl (C=O) groups is 1. The summed E-state index contributed by atoms with van der Waals surface area (Å²) in [4.78, 5) is 12.5. The lowest BCUT2D eigenvalue weighted by atomic mass is 9.97. The Morgan fingerprint density at radius 2 is 1.81 bits per heavy atom. The van der Waals surface area contributed by atoms with E-state index in [2.05, 4.69) is 11.4 Å². The van der Waals surface area contributed by atoms with Crippen LogP contribution in [0.15, 0.2) is 65.1 Å². The van der Waals surface area contributed by atoms with Gasteiger partial charge in [-0.1, -0.05) is 65.2 Å². The highest BCUT2D eigenvalue weighted by Crippen LogP contribution is 2.28. The number of allylic oxidation sites excluding steroid dienone is 1. The van der Waals surface area contributed by atoms with Crippen LogP contribution in [0.5, 0.6) is 0 Å². The largest absolute Gasteiger partial charge is 0.355 e. The summed E-state index contributed by atoms with van der Waals surface area (Å²) in [6.07, 6.45) is 8.08. The Kier molecular flexibility index (Phi) is 9.17. The second-order valence-electron chi connectivity index (χ2n) is 7.86. The molecule has 2 aromatic carbocycles. The van der Waals surface area contributed by atoms with Crippen molar-refractivity contribution in [2.75, 3.05) is 19.6 Å². The molecule has 0 aromatic heterocycles. The van der Waals surface area contributed by atoms with Gasteiger partial charge in [0.2, 0.25) is 15.9 Å². The zero-order valence-corrected chi connectivity index (χ0v) is 20.2. The average Bonchev–Trinajstić information content (AvgIpc) is 2.79. The first-order valence-corrected chi connectivity index (χ1v) is 13.0. The van der Waals surface area contributed by atoms with Crippen molar-refractivity contribution < 1.29 is 13.2 Å². The predicted octanol–water partition coefficient (Wildman–Crippen LogP) is 5.23. The van der Waals surface area contributed by atoms with E-state index in [9.17, 15) is 13.2 Å². The zero-order chi connectivity index (χ0) is 23.0. The van der Waals surface area contributed by atoms with Crippen LogP contribution in [-0.4, -0.2) is 38.3 Å². The van der Waals surface area contributed by atoms with Crippen LogP contribution in [0.25, 0.3) is 0 Å². The summed E-state index contributed by atoms with van der Waals surface area (Å²) in [5.74, 6) is -0.337. The highest BCUT2D eigenvalue weighted by atomic mass is 35.5. The maximum Gasteiger partial charge on any atom is 0.245 e. The number of nitrogens with one attached hydrogen (secondary N) is 1. The first kappa shape index (κ1) is 24.8. The van der Waals surface area contributed by atoms with E-state index < -0.39 is 10.0 Å². The molecule has 1 amide bonds. The van der Waals surface area contributed by atoms with Crippen molar-refractivity contribution in [1.29, 1.82) is 0 Å². The molecular weight excluding hydrogens is 467 g/mol. The number of sulfonamides is 1. The number of amides is 1. The Morgan fingerprint density at radius 3 is 2.53 bits per heavy atom. The van der Waals surface area contributed by atoms with Gasteiger partial charge in [-0.15, -0.1) is 0 Å². The third-order valence-corrected chi connectivity index (χ3v) is 8.04. The zero-order valence-electron chi connectivity index (χ0n) is 17.9. The molecule has 0 atom stereocenters. The molecule has 0 heterocycles. The molecule has 5 nitrogen and oxygen atoms in total. The summed E-state index contributed by atoms with van der Waals surface area (Å²) >= 11 is 12.2. The molecule has 0 aliphatic heterocycles. The van der Waals surface area contributed by atoms with E-state index >= 15 is 0 Å². The van der Waals surface area contributed by atoms with Gasteiger partial charge in [0.15, 0.2) is 0 Å². The van der Waals surface area contributed by atoms with E-state index in [0.717, 1.165) is 24.8 Å². The standard InChI is InChI=1S/C24H28Cl2N2O3S/c25-21-11-12-22(26)23(17-21)32(30,31)28(16-14-20-9-5-2-6-10-20)18-24(29)27-15-13-19-7-3-1-4-8-19/h2,5-7,9-12,17H,1,3-4,8,13-16,18H2,(H,27,29). The minimum atomic E-state index is -4.02. The van der Waals surface area contributed by atoms with E-state index in [4.69, 9.17) is 23.2 Å². The van der Waals surface area contributed by atoms with Crippen LogP contribution in [0.2, 0.25) is 10.0 Å². The lowest BCUT2D eigenvalue weighted by Gasteiger charge is -2.23. The smallest absolute Gasteiger partial charge is 0.245 e. The lowest BCUT2D eigenvalue weighted by molar-refractivity contribution is -0.121. The number of carbonyl (C=O) groups excluding carboxylic acids is 1. The van der Waals surface area contributed by atoms with E-state index in [1.165, 1.54) is 40.9 Å². The molecule has 8 heteroatoms. The van der Waals surface area contributed by atoms with E-state index in [1.807, 2.05) is 30.3 Å². The number of rotatable bonds is 10.